The number of furan rings is 1. The van der Waals surface area contributed by atoms with Gasteiger partial charge in [0, 0.05) is 22.2 Å². The second-order valence-electron chi connectivity index (χ2n) is 9.54. The second kappa shape index (κ2) is 12.0. The molecule has 0 radical (unpaired) electrons. The minimum atomic E-state index is -0.462. The number of para-hydroxylation sites is 1. The first kappa shape index (κ1) is 28.6. The molecule has 0 fully saturated rings. The molecule has 0 atom stereocenters. The van der Waals surface area contributed by atoms with Crippen LogP contribution in [0.1, 0.15) is 11.1 Å². The number of methoxy groups -OCH3 is 2. The summed E-state index contributed by atoms with van der Waals surface area (Å²) in [7, 11) is 3.08. The Morgan fingerprint density at radius 3 is 2.50 bits per heavy atom. The Morgan fingerprint density at radius 2 is 1.75 bits per heavy atom. The SMILES string of the molecule is COc1cc(Br)cc(C=Nn2c(-c3cc4c(OC)cccc4o3)nc3ccccc3c2=O)c1OCc1ccc([N+](=O)[O-])cc1. The number of aromatic nitrogens is 2. The Hall–Kier alpha value is -5.49. The van der Waals surface area contributed by atoms with E-state index in [1.807, 2.05) is 12.1 Å². The molecule has 0 unspecified atom stereocenters. The highest BCUT2D eigenvalue weighted by atomic mass is 79.9. The molecule has 0 amide bonds. The van der Waals surface area contributed by atoms with E-state index in [0.717, 1.165) is 5.39 Å². The molecule has 0 saturated carbocycles. The zero-order valence-corrected chi connectivity index (χ0v) is 25.0. The zero-order valence-electron chi connectivity index (χ0n) is 23.4. The topological polar surface area (TPSA) is 131 Å². The van der Waals surface area contributed by atoms with Gasteiger partial charge in [0.15, 0.2) is 17.3 Å². The fraction of sp³-hybridized carbons (Fsp3) is 0.0938. The molecule has 11 nitrogen and oxygen atoms in total. The molecule has 2 aromatic heterocycles. The van der Waals surface area contributed by atoms with Crippen LogP contribution in [0.2, 0.25) is 0 Å². The number of nitrogens with zero attached hydrogens (tertiary/aromatic N) is 4. The van der Waals surface area contributed by atoms with Gasteiger partial charge in [-0.3, -0.25) is 14.9 Å². The predicted molar refractivity (Wildman–Crippen MR) is 169 cm³/mol. The average Bonchev–Trinajstić information content (AvgIpc) is 3.48. The summed E-state index contributed by atoms with van der Waals surface area (Å²) >= 11 is 3.49. The van der Waals surface area contributed by atoms with Crippen molar-refractivity contribution in [3.8, 4) is 28.8 Å². The van der Waals surface area contributed by atoms with Crippen LogP contribution in [-0.4, -0.2) is 35.0 Å². The van der Waals surface area contributed by atoms with Crippen LogP contribution in [-0.2, 0) is 6.61 Å². The van der Waals surface area contributed by atoms with Crippen LogP contribution in [0.5, 0.6) is 17.2 Å². The highest BCUT2D eigenvalue weighted by molar-refractivity contribution is 9.10. The number of nitro benzene ring substituents is 1. The Bertz CT molecular complexity index is 2120. The normalized spacial score (nSPS) is 11.3. The smallest absolute Gasteiger partial charge is 0.282 e. The van der Waals surface area contributed by atoms with Crippen molar-refractivity contribution < 1.29 is 23.6 Å². The van der Waals surface area contributed by atoms with Crippen molar-refractivity contribution in [1.82, 2.24) is 9.66 Å². The summed E-state index contributed by atoms with van der Waals surface area (Å²) in [6.45, 7) is 0.0976. The number of hydrogen-bond donors (Lipinski definition) is 0. The molecule has 0 aliphatic rings. The number of hydrogen-bond acceptors (Lipinski definition) is 9. The van der Waals surface area contributed by atoms with E-state index >= 15 is 0 Å². The Balaban J connectivity index is 1.45. The third-order valence-corrected chi connectivity index (χ3v) is 7.28. The van der Waals surface area contributed by atoms with E-state index < -0.39 is 10.5 Å². The van der Waals surface area contributed by atoms with Gasteiger partial charge in [0.2, 0.25) is 5.82 Å². The molecule has 6 aromatic rings. The first-order chi connectivity index (χ1) is 21.4. The molecular weight excluding hydrogens is 632 g/mol. The predicted octanol–water partition coefficient (Wildman–Crippen LogP) is 6.96. The zero-order chi connectivity index (χ0) is 30.8. The van der Waals surface area contributed by atoms with Crippen LogP contribution in [0.3, 0.4) is 0 Å². The van der Waals surface area contributed by atoms with Gasteiger partial charge in [-0.25, -0.2) is 4.98 Å². The number of nitro groups is 1. The van der Waals surface area contributed by atoms with E-state index in [1.165, 1.54) is 30.1 Å². The summed E-state index contributed by atoms with van der Waals surface area (Å²) in [4.78, 5) is 29.1. The molecule has 0 aliphatic carbocycles. The summed E-state index contributed by atoms with van der Waals surface area (Å²) < 4.78 is 25.2. The molecular formula is C32H23BrN4O7. The number of halogens is 1. The molecule has 0 N–H and O–H groups in total. The Labute approximate surface area is 258 Å². The van der Waals surface area contributed by atoms with E-state index in [0.29, 0.717) is 55.1 Å². The van der Waals surface area contributed by atoms with Crippen LogP contribution >= 0.6 is 15.9 Å². The fourth-order valence-electron chi connectivity index (χ4n) is 4.69. The van der Waals surface area contributed by atoms with Crippen LogP contribution < -0.4 is 19.8 Å². The summed E-state index contributed by atoms with van der Waals surface area (Å²) in [5, 5.41) is 16.7. The number of rotatable bonds is 9. The van der Waals surface area contributed by atoms with Crippen molar-refractivity contribution in [2.45, 2.75) is 6.61 Å². The van der Waals surface area contributed by atoms with Gasteiger partial charge in [-0.2, -0.15) is 9.78 Å². The molecule has 220 valence electrons. The quantitative estimate of drug-likeness (QED) is 0.0929. The maximum absolute atomic E-state index is 13.8. The molecule has 0 bridgehead atoms. The summed E-state index contributed by atoms with van der Waals surface area (Å²) in [6, 6.07) is 23.7. The summed E-state index contributed by atoms with van der Waals surface area (Å²) in [6.07, 6.45) is 1.48. The number of non-ortho nitro benzene ring substituents is 1. The van der Waals surface area contributed by atoms with Gasteiger partial charge in [0.25, 0.3) is 11.2 Å². The molecule has 0 spiro atoms. The van der Waals surface area contributed by atoms with E-state index in [-0.39, 0.29) is 18.1 Å². The molecule has 0 saturated heterocycles. The van der Waals surface area contributed by atoms with Crippen LogP contribution in [0.4, 0.5) is 5.69 Å². The maximum atomic E-state index is 13.8. The van der Waals surface area contributed by atoms with Gasteiger partial charge in [0.1, 0.15) is 17.9 Å². The van der Waals surface area contributed by atoms with Crippen molar-refractivity contribution in [2.75, 3.05) is 14.2 Å². The van der Waals surface area contributed by atoms with Crippen LogP contribution in [0.25, 0.3) is 33.5 Å². The van der Waals surface area contributed by atoms with Gasteiger partial charge < -0.3 is 18.6 Å². The van der Waals surface area contributed by atoms with Gasteiger partial charge in [-0.1, -0.05) is 34.1 Å². The molecule has 0 aliphatic heterocycles. The van der Waals surface area contributed by atoms with Crippen molar-refractivity contribution in [3.05, 3.63) is 121 Å². The molecule has 4 aromatic carbocycles. The van der Waals surface area contributed by atoms with Crippen LogP contribution in [0, 0.1) is 10.1 Å². The van der Waals surface area contributed by atoms with E-state index in [2.05, 4.69) is 21.0 Å². The number of ether oxygens (including phenoxy) is 3. The number of fused-ring (bicyclic) bond motifs is 2. The lowest BCUT2D eigenvalue weighted by atomic mass is 10.2. The molecule has 6 rings (SSSR count). The molecule has 12 heteroatoms. The minimum Gasteiger partial charge on any atom is -0.496 e. The van der Waals surface area contributed by atoms with Gasteiger partial charge >= 0.3 is 0 Å². The average molecular weight is 655 g/mol. The van der Waals surface area contributed by atoms with E-state index in [1.54, 1.807) is 67.8 Å². The maximum Gasteiger partial charge on any atom is 0.282 e. The minimum absolute atomic E-state index is 0.0177. The lowest BCUT2D eigenvalue weighted by molar-refractivity contribution is -0.384. The lowest BCUT2D eigenvalue weighted by Crippen LogP contribution is -2.20. The van der Waals surface area contributed by atoms with Crippen molar-refractivity contribution in [3.63, 3.8) is 0 Å². The third-order valence-electron chi connectivity index (χ3n) is 6.83. The first-order valence-corrected chi connectivity index (χ1v) is 14.0. The largest absolute Gasteiger partial charge is 0.496 e. The van der Waals surface area contributed by atoms with E-state index in [9.17, 15) is 14.9 Å². The number of benzene rings is 4. The Morgan fingerprint density at radius 1 is 0.977 bits per heavy atom. The summed E-state index contributed by atoms with van der Waals surface area (Å²) in [5.74, 6) is 1.90. The first-order valence-electron chi connectivity index (χ1n) is 13.2. The molecule has 2 heterocycles. The van der Waals surface area contributed by atoms with Crippen molar-refractivity contribution in [2.24, 2.45) is 5.10 Å². The highest BCUT2D eigenvalue weighted by Crippen LogP contribution is 2.36. The standard InChI is InChI=1S/C32H23BrN4O7/c1-41-26-8-5-9-27-24(26)16-29(44-27)31-35-25-7-4-3-6-23(25)32(38)36(31)34-17-20-14-21(33)15-28(42-2)30(20)43-18-19-10-12-22(13-11-19)37(39)40/h3-17H,18H2,1-2H3. The fourth-order valence-corrected chi connectivity index (χ4v) is 5.15. The van der Waals surface area contributed by atoms with Gasteiger partial charge in [0.05, 0.1) is 41.6 Å². The second-order valence-corrected chi connectivity index (χ2v) is 10.5. The van der Waals surface area contributed by atoms with Crippen LogP contribution in [0.15, 0.2) is 104 Å². The molecule has 44 heavy (non-hydrogen) atoms. The van der Waals surface area contributed by atoms with Crippen molar-refractivity contribution >= 4 is 49.7 Å². The van der Waals surface area contributed by atoms with E-state index in [4.69, 9.17) is 23.6 Å². The lowest BCUT2D eigenvalue weighted by Gasteiger charge is -2.14. The Kier molecular flexibility index (Phi) is 7.82. The highest BCUT2D eigenvalue weighted by Gasteiger charge is 2.19. The monoisotopic (exact) mass is 654 g/mol. The third kappa shape index (κ3) is 5.50. The summed E-state index contributed by atoms with van der Waals surface area (Å²) in [5.41, 5.74) is 1.84. The van der Waals surface area contributed by atoms with Gasteiger partial charge in [-0.05, 0) is 60.2 Å². The van der Waals surface area contributed by atoms with Gasteiger partial charge in [-0.15, -0.1) is 0 Å². The van der Waals surface area contributed by atoms with Crippen molar-refractivity contribution in [1.29, 1.82) is 0 Å².